The lowest BCUT2D eigenvalue weighted by molar-refractivity contribution is 0.0380. The Balaban J connectivity index is 2.07. The van der Waals surface area contributed by atoms with E-state index >= 15 is 0 Å². The van der Waals surface area contributed by atoms with Gasteiger partial charge < -0.3 is 9.47 Å². The summed E-state index contributed by atoms with van der Waals surface area (Å²) in [5, 5.41) is 8.84. The maximum absolute atomic E-state index is 11.9. The van der Waals surface area contributed by atoms with Crippen LogP contribution in [0.2, 0.25) is 0 Å². The number of carbonyl (C=O) groups is 1. The highest BCUT2D eigenvalue weighted by atomic mass is 32.1. The molecule has 0 aromatic carbocycles. The predicted molar refractivity (Wildman–Crippen MR) is 77.6 cm³/mol. The van der Waals surface area contributed by atoms with E-state index in [-0.39, 0.29) is 12.3 Å². The highest BCUT2D eigenvalue weighted by Gasteiger charge is 2.18. The third kappa shape index (κ3) is 3.64. The van der Waals surface area contributed by atoms with E-state index in [0.717, 1.165) is 10.7 Å². The Bertz CT molecular complexity index is 616. The molecule has 0 atom stereocenters. The SMILES string of the molecule is COCCOC(=O)c1nnn(Cc2nc(C)c(C)s2)c1C. The highest BCUT2D eigenvalue weighted by Crippen LogP contribution is 2.18. The summed E-state index contributed by atoms with van der Waals surface area (Å²) in [6.07, 6.45) is 0. The van der Waals surface area contributed by atoms with Crippen molar-refractivity contribution in [3.05, 3.63) is 27.0 Å². The summed E-state index contributed by atoms with van der Waals surface area (Å²) in [5.74, 6) is -0.484. The second-order valence-electron chi connectivity index (χ2n) is 4.56. The van der Waals surface area contributed by atoms with Gasteiger partial charge in [-0.05, 0) is 20.8 Å². The first-order valence-corrected chi connectivity index (χ1v) is 7.33. The van der Waals surface area contributed by atoms with Gasteiger partial charge in [0.05, 0.1) is 24.5 Å². The maximum Gasteiger partial charge on any atom is 0.360 e. The average molecular weight is 310 g/mol. The van der Waals surface area contributed by atoms with E-state index in [1.807, 2.05) is 13.8 Å². The first-order valence-electron chi connectivity index (χ1n) is 6.52. The lowest BCUT2D eigenvalue weighted by Gasteiger charge is -2.03. The van der Waals surface area contributed by atoms with Crippen LogP contribution in [0.25, 0.3) is 0 Å². The van der Waals surface area contributed by atoms with Crippen molar-refractivity contribution in [2.75, 3.05) is 20.3 Å². The molecular formula is C13H18N4O3S. The number of esters is 1. The normalized spacial score (nSPS) is 10.9. The van der Waals surface area contributed by atoms with Gasteiger partial charge in [0.15, 0.2) is 5.69 Å². The second-order valence-corrected chi connectivity index (χ2v) is 5.85. The van der Waals surface area contributed by atoms with Gasteiger partial charge in [0.25, 0.3) is 0 Å². The van der Waals surface area contributed by atoms with Gasteiger partial charge in [0, 0.05) is 12.0 Å². The first kappa shape index (κ1) is 15.6. The molecule has 0 saturated carbocycles. The molecule has 21 heavy (non-hydrogen) atoms. The quantitative estimate of drug-likeness (QED) is 0.594. The molecule has 2 aromatic heterocycles. The summed E-state index contributed by atoms with van der Waals surface area (Å²) in [6, 6.07) is 0. The molecule has 0 N–H and O–H groups in total. The van der Waals surface area contributed by atoms with E-state index in [2.05, 4.69) is 15.3 Å². The third-order valence-corrected chi connectivity index (χ3v) is 4.11. The molecule has 0 aliphatic rings. The van der Waals surface area contributed by atoms with Crippen molar-refractivity contribution in [2.45, 2.75) is 27.3 Å². The minimum atomic E-state index is -0.484. The molecular weight excluding hydrogens is 292 g/mol. The van der Waals surface area contributed by atoms with Gasteiger partial charge in [0.2, 0.25) is 0 Å². The molecule has 0 aliphatic heterocycles. The number of aryl methyl sites for hydroxylation is 2. The van der Waals surface area contributed by atoms with Crippen LogP contribution in [0, 0.1) is 20.8 Å². The Morgan fingerprint density at radius 2 is 2.05 bits per heavy atom. The number of thiazole rings is 1. The molecule has 0 bridgehead atoms. The fraction of sp³-hybridized carbons (Fsp3) is 0.538. The Kier molecular flexibility index (Phi) is 5.03. The molecule has 2 rings (SSSR count). The Labute approximate surface area is 126 Å². The molecule has 0 unspecified atom stereocenters. The van der Waals surface area contributed by atoms with Gasteiger partial charge in [-0.2, -0.15) is 0 Å². The number of aromatic nitrogens is 4. The molecule has 2 aromatic rings. The molecule has 0 spiro atoms. The van der Waals surface area contributed by atoms with Crippen LogP contribution in [0.15, 0.2) is 0 Å². The summed E-state index contributed by atoms with van der Waals surface area (Å²) in [5.41, 5.74) is 1.92. The minimum Gasteiger partial charge on any atom is -0.458 e. The van der Waals surface area contributed by atoms with E-state index in [0.29, 0.717) is 18.8 Å². The number of carbonyl (C=O) groups excluding carboxylic acids is 1. The van der Waals surface area contributed by atoms with E-state index in [9.17, 15) is 4.79 Å². The Morgan fingerprint density at radius 3 is 2.67 bits per heavy atom. The van der Waals surface area contributed by atoms with Crippen molar-refractivity contribution >= 4 is 17.3 Å². The molecule has 7 nitrogen and oxygen atoms in total. The lowest BCUT2D eigenvalue weighted by atomic mass is 10.3. The zero-order valence-electron chi connectivity index (χ0n) is 12.5. The van der Waals surface area contributed by atoms with Crippen molar-refractivity contribution in [1.82, 2.24) is 20.0 Å². The molecule has 0 saturated heterocycles. The summed E-state index contributed by atoms with van der Waals surface area (Å²) < 4.78 is 11.5. The molecule has 0 fully saturated rings. The third-order valence-electron chi connectivity index (χ3n) is 3.05. The number of hydrogen-bond donors (Lipinski definition) is 0. The van der Waals surface area contributed by atoms with Crippen molar-refractivity contribution in [1.29, 1.82) is 0 Å². The van der Waals surface area contributed by atoms with Crippen LogP contribution in [0.1, 0.15) is 31.8 Å². The number of methoxy groups -OCH3 is 1. The average Bonchev–Trinajstić information content (AvgIpc) is 2.95. The molecule has 8 heteroatoms. The largest absolute Gasteiger partial charge is 0.458 e. The van der Waals surface area contributed by atoms with Gasteiger partial charge in [-0.3, -0.25) is 0 Å². The zero-order chi connectivity index (χ0) is 15.4. The van der Waals surface area contributed by atoms with Gasteiger partial charge in [-0.1, -0.05) is 5.21 Å². The van der Waals surface area contributed by atoms with Crippen LogP contribution in [-0.4, -0.2) is 46.3 Å². The van der Waals surface area contributed by atoms with Crippen LogP contribution in [-0.2, 0) is 16.0 Å². The van der Waals surface area contributed by atoms with Crippen LogP contribution >= 0.6 is 11.3 Å². The molecule has 114 valence electrons. The fourth-order valence-corrected chi connectivity index (χ4v) is 2.64. The predicted octanol–water partition coefficient (Wildman–Crippen LogP) is 1.51. The van der Waals surface area contributed by atoms with Gasteiger partial charge in [0.1, 0.15) is 11.6 Å². The van der Waals surface area contributed by atoms with Gasteiger partial charge in [-0.15, -0.1) is 16.4 Å². The maximum atomic E-state index is 11.9. The van der Waals surface area contributed by atoms with Crippen molar-refractivity contribution in [2.24, 2.45) is 0 Å². The van der Waals surface area contributed by atoms with Crippen LogP contribution < -0.4 is 0 Å². The first-order chi connectivity index (χ1) is 10.0. The van der Waals surface area contributed by atoms with E-state index in [1.54, 1.807) is 30.1 Å². The number of ether oxygens (including phenoxy) is 2. The summed E-state index contributed by atoms with van der Waals surface area (Å²) in [6.45, 7) is 6.86. The fourth-order valence-electron chi connectivity index (χ4n) is 1.72. The van der Waals surface area contributed by atoms with Crippen molar-refractivity contribution in [3.8, 4) is 0 Å². The van der Waals surface area contributed by atoms with Crippen LogP contribution in [0.5, 0.6) is 0 Å². The summed E-state index contributed by atoms with van der Waals surface area (Å²) in [4.78, 5) is 17.5. The lowest BCUT2D eigenvalue weighted by Crippen LogP contribution is -2.12. The highest BCUT2D eigenvalue weighted by molar-refractivity contribution is 7.11. The molecule has 0 radical (unpaired) electrons. The minimum absolute atomic E-state index is 0.201. The van der Waals surface area contributed by atoms with E-state index in [4.69, 9.17) is 9.47 Å². The summed E-state index contributed by atoms with van der Waals surface area (Å²) >= 11 is 1.62. The van der Waals surface area contributed by atoms with Gasteiger partial charge in [-0.25, -0.2) is 14.5 Å². The van der Waals surface area contributed by atoms with E-state index < -0.39 is 5.97 Å². The van der Waals surface area contributed by atoms with Crippen LogP contribution in [0.3, 0.4) is 0 Å². The van der Waals surface area contributed by atoms with E-state index in [1.165, 1.54) is 4.88 Å². The molecule has 0 aliphatic carbocycles. The number of rotatable bonds is 6. The van der Waals surface area contributed by atoms with Gasteiger partial charge >= 0.3 is 5.97 Å². The molecule has 2 heterocycles. The Morgan fingerprint density at radius 1 is 1.29 bits per heavy atom. The smallest absolute Gasteiger partial charge is 0.360 e. The zero-order valence-corrected chi connectivity index (χ0v) is 13.4. The Hall–Kier alpha value is -1.80. The second kappa shape index (κ2) is 6.77. The monoisotopic (exact) mass is 310 g/mol. The number of nitrogens with zero attached hydrogens (tertiary/aromatic N) is 4. The molecule has 0 amide bonds. The summed E-state index contributed by atoms with van der Waals surface area (Å²) in [7, 11) is 1.55. The van der Waals surface area contributed by atoms with Crippen molar-refractivity contribution < 1.29 is 14.3 Å². The topological polar surface area (TPSA) is 79.1 Å². The standard InChI is InChI=1S/C13H18N4O3S/c1-8-10(3)21-11(14-8)7-17-9(2)12(15-16-17)13(18)20-6-5-19-4/h5-7H2,1-4H3. The van der Waals surface area contributed by atoms with Crippen molar-refractivity contribution in [3.63, 3.8) is 0 Å². The van der Waals surface area contributed by atoms with Crippen LogP contribution in [0.4, 0.5) is 0 Å². The number of hydrogen-bond acceptors (Lipinski definition) is 7.